The van der Waals surface area contributed by atoms with Gasteiger partial charge in [0.15, 0.2) is 0 Å². The Bertz CT molecular complexity index is 216. The summed E-state index contributed by atoms with van der Waals surface area (Å²) in [5, 5.41) is 3.19. The Balaban J connectivity index is 2.56. The van der Waals surface area contributed by atoms with Crippen molar-refractivity contribution in [3.63, 3.8) is 0 Å². The van der Waals surface area contributed by atoms with E-state index < -0.39 is 0 Å². The smallest absolute Gasteiger partial charge is 0.119 e. The molecule has 0 fully saturated rings. The molecule has 0 aromatic carbocycles. The number of hydrogen-bond donors (Lipinski definition) is 1. The fourth-order valence-electron chi connectivity index (χ4n) is 1.13. The summed E-state index contributed by atoms with van der Waals surface area (Å²) in [6.07, 6.45) is 4.25. The van der Waals surface area contributed by atoms with Gasteiger partial charge in [0.25, 0.3) is 0 Å². The third-order valence-corrected chi connectivity index (χ3v) is 1.79. The first-order chi connectivity index (χ1) is 5.74. The topological polar surface area (TPSA) is 21.3 Å². The quantitative estimate of drug-likeness (QED) is 0.692. The van der Waals surface area contributed by atoms with Crippen LogP contribution in [0.5, 0.6) is 0 Å². The third kappa shape index (κ3) is 2.29. The largest absolute Gasteiger partial charge is 0.496 e. The molecule has 0 saturated heterocycles. The predicted molar refractivity (Wildman–Crippen MR) is 49.4 cm³/mol. The van der Waals surface area contributed by atoms with Gasteiger partial charge >= 0.3 is 0 Å². The first kappa shape index (κ1) is 9.17. The van der Waals surface area contributed by atoms with E-state index in [0.29, 0.717) is 0 Å². The van der Waals surface area contributed by atoms with E-state index in [1.807, 2.05) is 13.8 Å². The van der Waals surface area contributed by atoms with Crippen LogP contribution in [0.15, 0.2) is 17.0 Å². The lowest BCUT2D eigenvalue weighted by atomic mass is 10.1. The molecule has 1 N–H and O–H groups in total. The fraction of sp³-hybridized carbons (Fsp3) is 0.600. The second-order valence-electron chi connectivity index (χ2n) is 3.00. The minimum absolute atomic E-state index is 0.801. The number of ether oxygens (including phenoxy) is 1. The van der Waals surface area contributed by atoms with Crippen molar-refractivity contribution in [1.82, 2.24) is 5.32 Å². The lowest BCUT2D eigenvalue weighted by molar-refractivity contribution is 0.202. The molecule has 1 radical (unpaired) electrons. The van der Waals surface area contributed by atoms with Crippen molar-refractivity contribution in [2.75, 3.05) is 13.2 Å². The van der Waals surface area contributed by atoms with Gasteiger partial charge in [-0.15, -0.1) is 0 Å². The van der Waals surface area contributed by atoms with Crippen LogP contribution in [-0.2, 0) is 4.74 Å². The maximum atomic E-state index is 5.53. The summed E-state index contributed by atoms with van der Waals surface area (Å²) in [4.78, 5) is 0. The maximum absolute atomic E-state index is 5.53. The van der Waals surface area contributed by atoms with E-state index in [1.165, 1.54) is 0 Å². The van der Waals surface area contributed by atoms with Crippen molar-refractivity contribution in [3.05, 3.63) is 23.1 Å². The Morgan fingerprint density at radius 3 is 2.83 bits per heavy atom. The van der Waals surface area contributed by atoms with Gasteiger partial charge in [-0.3, -0.25) is 0 Å². The number of nitrogens with one attached hydrogen (secondary N) is 1. The summed E-state index contributed by atoms with van der Waals surface area (Å²) in [5.74, 6) is 1.03. The Kier molecular flexibility index (Phi) is 3.20. The predicted octanol–water partition coefficient (Wildman–Crippen LogP) is 2.00. The molecular weight excluding hydrogens is 150 g/mol. The SMILES string of the molecule is CCCOC1=C(C)[C]=C(C)NC1. The summed E-state index contributed by atoms with van der Waals surface area (Å²) in [5.41, 5.74) is 2.22. The fourth-order valence-corrected chi connectivity index (χ4v) is 1.13. The van der Waals surface area contributed by atoms with Crippen LogP contribution in [0, 0.1) is 6.08 Å². The molecule has 12 heavy (non-hydrogen) atoms. The minimum Gasteiger partial charge on any atom is -0.496 e. The number of hydrogen-bond acceptors (Lipinski definition) is 2. The highest BCUT2D eigenvalue weighted by Crippen LogP contribution is 2.12. The van der Waals surface area contributed by atoms with E-state index >= 15 is 0 Å². The van der Waals surface area contributed by atoms with Gasteiger partial charge in [0.1, 0.15) is 5.76 Å². The van der Waals surface area contributed by atoms with Gasteiger partial charge in [0.05, 0.1) is 13.2 Å². The second-order valence-corrected chi connectivity index (χ2v) is 3.00. The molecule has 0 saturated carbocycles. The van der Waals surface area contributed by atoms with Crippen molar-refractivity contribution in [2.24, 2.45) is 0 Å². The van der Waals surface area contributed by atoms with E-state index in [-0.39, 0.29) is 0 Å². The molecule has 0 aromatic heterocycles. The summed E-state index contributed by atoms with van der Waals surface area (Å²) in [6.45, 7) is 7.77. The summed E-state index contributed by atoms with van der Waals surface area (Å²) < 4.78 is 5.53. The molecule has 0 atom stereocenters. The normalized spacial score (nSPS) is 17.1. The molecule has 1 aliphatic rings. The summed E-state index contributed by atoms with van der Waals surface area (Å²) >= 11 is 0. The Morgan fingerprint density at radius 2 is 2.25 bits per heavy atom. The Morgan fingerprint density at radius 1 is 1.50 bits per heavy atom. The van der Waals surface area contributed by atoms with E-state index in [0.717, 1.165) is 36.6 Å². The zero-order chi connectivity index (χ0) is 8.97. The lowest BCUT2D eigenvalue weighted by Gasteiger charge is -2.18. The van der Waals surface area contributed by atoms with Crippen molar-refractivity contribution in [1.29, 1.82) is 0 Å². The van der Waals surface area contributed by atoms with Crippen LogP contribution >= 0.6 is 0 Å². The molecule has 2 heteroatoms. The van der Waals surface area contributed by atoms with Crippen molar-refractivity contribution < 1.29 is 4.74 Å². The highest BCUT2D eigenvalue weighted by atomic mass is 16.5. The number of rotatable bonds is 3. The van der Waals surface area contributed by atoms with Crippen LogP contribution in [-0.4, -0.2) is 13.2 Å². The van der Waals surface area contributed by atoms with Crippen LogP contribution in [0.2, 0.25) is 0 Å². The standard InChI is InChI=1S/C10H16NO/c1-4-5-12-10-7-11-9(3)6-8(10)2/h11H,4-5,7H2,1-3H3. The van der Waals surface area contributed by atoms with Crippen molar-refractivity contribution >= 4 is 0 Å². The number of allylic oxidation sites excluding steroid dienone is 3. The van der Waals surface area contributed by atoms with Crippen LogP contribution < -0.4 is 5.32 Å². The average Bonchev–Trinajstić information content (AvgIpc) is 2.03. The molecule has 1 aliphatic heterocycles. The summed E-state index contributed by atoms with van der Waals surface area (Å²) in [7, 11) is 0. The molecule has 1 heterocycles. The minimum atomic E-state index is 0.801. The van der Waals surface area contributed by atoms with Gasteiger partial charge in [0.2, 0.25) is 0 Å². The molecular formula is C10H16NO. The molecule has 0 spiro atoms. The van der Waals surface area contributed by atoms with Crippen LogP contribution in [0.4, 0.5) is 0 Å². The van der Waals surface area contributed by atoms with E-state index in [4.69, 9.17) is 4.74 Å². The molecule has 0 bridgehead atoms. The first-order valence-electron chi connectivity index (χ1n) is 4.41. The third-order valence-electron chi connectivity index (χ3n) is 1.79. The molecule has 2 nitrogen and oxygen atoms in total. The van der Waals surface area contributed by atoms with Gasteiger partial charge in [-0.05, 0) is 25.8 Å². The van der Waals surface area contributed by atoms with Crippen LogP contribution in [0.3, 0.4) is 0 Å². The Labute approximate surface area is 74.3 Å². The monoisotopic (exact) mass is 166 g/mol. The van der Waals surface area contributed by atoms with Crippen molar-refractivity contribution in [3.8, 4) is 0 Å². The zero-order valence-corrected chi connectivity index (χ0v) is 8.03. The molecule has 0 amide bonds. The van der Waals surface area contributed by atoms with Crippen molar-refractivity contribution in [2.45, 2.75) is 27.2 Å². The van der Waals surface area contributed by atoms with Gasteiger partial charge in [-0.1, -0.05) is 6.92 Å². The Hall–Kier alpha value is -0.920. The number of dihydropyridines is 1. The zero-order valence-electron chi connectivity index (χ0n) is 8.03. The van der Waals surface area contributed by atoms with Gasteiger partial charge in [-0.2, -0.15) is 0 Å². The molecule has 0 aromatic rings. The summed E-state index contributed by atoms with van der Waals surface area (Å²) in [6, 6.07) is 0. The van der Waals surface area contributed by atoms with Crippen LogP contribution in [0.25, 0.3) is 0 Å². The lowest BCUT2D eigenvalue weighted by Crippen LogP contribution is -2.21. The molecule has 0 aliphatic carbocycles. The average molecular weight is 166 g/mol. The maximum Gasteiger partial charge on any atom is 0.119 e. The van der Waals surface area contributed by atoms with Gasteiger partial charge < -0.3 is 10.1 Å². The van der Waals surface area contributed by atoms with E-state index in [9.17, 15) is 0 Å². The highest BCUT2D eigenvalue weighted by molar-refractivity contribution is 5.23. The highest BCUT2D eigenvalue weighted by Gasteiger charge is 2.07. The molecule has 67 valence electrons. The molecule has 1 rings (SSSR count). The van der Waals surface area contributed by atoms with E-state index in [1.54, 1.807) is 0 Å². The second kappa shape index (κ2) is 4.19. The van der Waals surface area contributed by atoms with E-state index in [2.05, 4.69) is 18.3 Å². The molecule has 0 unspecified atom stereocenters. The van der Waals surface area contributed by atoms with Crippen LogP contribution in [0.1, 0.15) is 27.2 Å². The van der Waals surface area contributed by atoms with Gasteiger partial charge in [-0.25, -0.2) is 0 Å². The van der Waals surface area contributed by atoms with Gasteiger partial charge in [0, 0.05) is 11.8 Å². The first-order valence-corrected chi connectivity index (χ1v) is 4.41.